The lowest BCUT2D eigenvalue weighted by molar-refractivity contribution is 0.0991. The third-order valence-electron chi connectivity index (χ3n) is 3.15. The Bertz CT molecular complexity index is 506. The first-order chi connectivity index (χ1) is 9.06. The van der Waals surface area contributed by atoms with Crippen LogP contribution in [0.4, 0.5) is 10.7 Å². The lowest BCUT2D eigenvalue weighted by Gasteiger charge is -2.28. The van der Waals surface area contributed by atoms with E-state index in [-0.39, 0.29) is 11.5 Å². The van der Waals surface area contributed by atoms with Crippen molar-refractivity contribution in [3.05, 3.63) is 10.4 Å². The summed E-state index contributed by atoms with van der Waals surface area (Å²) in [5.74, 6) is -0.621. The number of nitrogens with two attached hydrogens (primary N) is 2. The molecular weight excluding hydrogens is 264 g/mol. The minimum atomic E-state index is -0.572. The van der Waals surface area contributed by atoms with Crippen LogP contribution in [0.1, 0.15) is 33.4 Å². The Morgan fingerprint density at radius 2 is 2.00 bits per heavy atom. The molecule has 19 heavy (non-hydrogen) atoms. The van der Waals surface area contributed by atoms with Gasteiger partial charge in [-0.3, -0.25) is 9.59 Å². The molecular formula is C12H18N4O2S. The van der Waals surface area contributed by atoms with E-state index >= 15 is 0 Å². The fourth-order valence-electron chi connectivity index (χ4n) is 2.13. The molecule has 7 heteroatoms. The molecule has 0 saturated carbocycles. The Hall–Kier alpha value is -1.60. The second kappa shape index (κ2) is 5.58. The summed E-state index contributed by atoms with van der Waals surface area (Å²) < 4.78 is 0. The maximum atomic E-state index is 11.9. The van der Waals surface area contributed by atoms with Crippen LogP contribution in [0.5, 0.6) is 0 Å². The third-order valence-corrected chi connectivity index (χ3v) is 4.46. The summed E-state index contributed by atoms with van der Waals surface area (Å²) in [6.45, 7) is 5.01. The molecule has 0 aromatic carbocycles. The Morgan fingerprint density at radius 3 is 2.53 bits per heavy atom. The number of anilines is 2. The van der Waals surface area contributed by atoms with Gasteiger partial charge in [0.1, 0.15) is 5.00 Å². The topological polar surface area (TPSA) is 101 Å². The van der Waals surface area contributed by atoms with Crippen LogP contribution in [-0.4, -0.2) is 37.9 Å². The molecule has 0 unspecified atom stereocenters. The van der Waals surface area contributed by atoms with Gasteiger partial charge in [0.25, 0.3) is 5.91 Å². The highest BCUT2D eigenvalue weighted by atomic mass is 32.1. The molecule has 1 saturated heterocycles. The number of Topliss-reactive ketones (excluding diaryl/α,β-unsaturated/α-hetero) is 1. The normalized spacial score (nSPS) is 15.5. The number of nitrogens with one attached hydrogen (secondary N) is 1. The zero-order chi connectivity index (χ0) is 14.0. The molecule has 1 amide bonds. The van der Waals surface area contributed by atoms with Gasteiger partial charge < -0.3 is 21.7 Å². The average molecular weight is 282 g/mol. The average Bonchev–Trinajstić information content (AvgIpc) is 2.76. The number of rotatable bonds is 4. The van der Waals surface area contributed by atoms with Crippen LogP contribution in [0.25, 0.3) is 0 Å². The van der Waals surface area contributed by atoms with E-state index in [1.807, 2.05) is 0 Å². The molecule has 0 spiro atoms. The number of carbonyl (C=O) groups excluding carboxylic acids is 2. The first kappa shape index (κ1) is 13.8. The molecule has 6 nitrogen and oxygen atoms in total. The van der Waals surface area contributed by atoms with Crippen molar-refractivity contribution < 1.29 is 9.59 Å². The SMILES string of the molecule is CCC(=O)c1sc(N2CCNCC2)c(C(N)=O)c1N. The van der Waals surface area contributed by atoms with Gasteiger partial charge in [0.2, 0.25) is 0 Å². The molecule has 1 aromatic heterocycles. The summed E-state index contributed by atoms with van der Waals surface area (Å²) in [4.78, 5) is 26.0. The summed E-state index contributed by atoms with van der Waals surface area (Å²) in [6.07, 6.45) is 0.365. The number of nitrogen functional groups attached to an aromatic ring is 1. The minimum Gasteiger partial charge on any atom is -0.397 e. The molecule has 0 aliphatic carbocycles. The zero-order valence-corrected chi connectivity index (χ0v) is 11.7. The van der Waals surface area contributed by atoms with E-state index in [2.05, 4.69) is 10.2 Å². The molecule has 0 radical (unpaired) electrons. The molecule has 0 bridgehead atoms. The second-order valence-corrected chi connectivity index (χ2v) is 5.40. The fraction of sp³-hybridized carbons (Fsp3) is 0.500. The molecule has 1 fully saturated rings. The van der Waals surface area contributed by atoms with Gasteiger partial charge in [0.15, 0.2) is 5.78 Å². The second-order valence-electron chi connectivity index (χ2n) is 4.40. The quantitative estimate of drug-likeness (QED) is 0.695. The standard InChI is InChI=1S/C12H18N4O2S/c1-2-7(17)10-9(13)8(11(14)18)12(19-10)16-5-3-15-4-6-16/h15H,2-6,13H2,1H3,(H2,14,18). The molecule has 1 aliphatic heterocycles. The Balaban J connectivity index is 2.46. The van der Waals surface area contributed by atoms with Gasteiger partial charge >= 0.3 is 0 Å². The van der Waals surface area contributed by atoms with Gasteiger partial charge in [-0.25, -0.2) is 0 Å². The van der Waals surface area contributed by atoms with Crippen LogP contribution in [0, 0.1) is 0 Å². The largest absolute Gasteiger partial charge is 0.397 e. The van der Waals surface area contributed by atoms with Gasteiger partial charge in [-0.15, -0.1) is 11.3 Å². The van der Waals surface area contributed by atoms with Crippen molar-refractivity contribution in [3.63, 3.8) is 0 Å². The highest BCUT2D eigenvalue weighted by Crippen LogP contribution is 2.38. The van der Waals surface area contributed by atoms with Crippen molar-refractivity contribution in [2.24, 2.45) is 5.73 Å². The summed E-state index contributed by atoms with van der Waals surface area (Å²) in [5, 5.41) is 3.96. The smallest absolute Gasteiger partial charge is 0.253 e. The molecule has 0 atom stereocenters. The van der Waals surface area contributed by atoms with E-state index in [9.17, 15) is 9.59 Å². The molecule has 2 rings (SSSR count). The van der Waals surface area contributed by atoms with Crippen molar-refractivity contribution in [2.75, 3.05) is 36.8 Å². The van der Waals surface area contributed by atoms with Crippen molar-refractivity contribution in [1.29, 1.82) is 0 Å². The molecule has 2 heterocycles. The maximum absolute atomic E-state index is 11.9. The number of nitrogens with zero attached hydrogens (tertiary/aromatic N) is 1. The van der Waals surface area contributed by atoms with Gasteiger partial charge in [0, 0.05) is 32.6 Å². The van der Waals surface area contributed by atoms with E-state index in [0.29, 0.717) is 16.9 Å². The predicted molar refractivity (Wildman–Crippen MR) is 77.0 cm³/mol. The van der Waals surface area contributed by atoms with E-state index in [0.717, 1.165) is 31.2 Å². The lowest BCUT2D eigenvalue weighted by Crippen LogP contribution is -2.43. The van der Waals surface area contributed by atoms with Crippen molar-refractivity contribution >= 4 is 33.7 Å². The summed E-state index contributed by atoms with van der Waals surface area (Å²) in [6, 6.07) is 0. The first-order valence-corrected chi connectivity index (χ1v) is 7.08. The molecule has 1 aromatic rings. The zero-order valence-electron chi connectivity index (χ0n) is 10.9. The van der Waals surface area contributed by atoms with Crippen LogP contribution in [0.15, 0.2) is 0 Å². The minimum absolute atomic E-state index is 0.0496. The van der Waals surface area contributed by atoms with Crippen LogP contribution in [0.2, 0.25) is 0 Å². The summed E-state index contributed by atoms with van der Waals surface area (Å²) in [7, 11) is 0. The van der Waals surface area contributed by atoms with Crippen LogP contribution < -0.4 is 21.7 Å². The number of primary amides is 1. The number of piperazine rings is 1. The van der Waals surface area contributed by atoms with Crippen LogP contribution in [0.3, 0.4) is 0 Å². The Labute approximate surface area is 115 Å². The summed E-state index contributed by atoms with van der Waals surface area (Å²) in [5.41, 5.74) is 11.9. The number of amides is 1. The fourth-order valence-corrected chi connectivity index (χ4v) is 3.42. The van der Waals surface area contributed by atoms with E-state index in [4.69, 9.17) is 11.5 Å². The van der Waals surface area contributed by atoms with E-state index in [1.54, 1.807) is 6.92 Å². The summed E-state index contributed by atoms with van der Waals surface area (Å²) >= 11 is 1.28. The van der Waals surface area contributed by atoms with E-state index < -0.39 is 5.91 Å². The third kappa shape index (κ3) is 2.57. The van der Waals surface area contributed by atoms with Crippen LogP contribution >= 0.6 is 11.3 Å². The maximum Gasteiger partial charge on any atom is 0.253 e. The molecule has 104 valence electrons. The van der Waals surface area contributed by atoms with Crippen molar-refractivity contribution in [1.82, 2.24) is 5.32 Å². The highest BCUT2D eigenvalue weighted by molar-refractivity contribution is 7.19. The highest BCUT2D eigenvalue weighted by Gasteiger charge is 2.27. The lowest BCUT2D eigenvalue weighted by atomic mass is 10.1. The monoisotopic (exact) mass is 282 g/mol. The van der Waals surface area contributed by atoms with Gasteiger partial charge in [-0.1, -0.05) is 6.92 Å². The number of ketones is 1. The van der Waals surface area contributed by atoms with Gasteiger partial charge in [-0.05, 0) is 0 Å². The number of hydrogen-bond donors (Lipinski definition) is 3. The van der Waals surface area contributed by atoms with Gasteiger partial charge in [-0.2, -0.15) is 0 Å². The number of thiophene rings is 1. The van der Waals surface area contributed by atoms with Crippen molar-refractivity contribution in [2.45, 2.75) is 13.3 Å². The number of carbonyl (C=O) groups is 2. The van der Waals surface area contributed by atoms with Crippen LogP contribution in [-0.2, 0) is 0 Å². The Morgan fingerprint density at radius 1 is 1.37 bits per heavy atom. The van der Waals surface area contributed by atoms with Gasteiger partial charge in [0.05, 0.1) is 16.1 Å². The predicted octanol–water partition coefficient (Wildman–Crippen LogP) is 0.431. The molecule has 1 aliphatic rings. The Kier molecular flexibility index (Phi) is 4.06. The molecule has 5 N–H and O–H groups in total. The van der Waals surface area contributed by atoms with E-state index in [1.165, 1.54) is 11.3 Å². The number of hydrogen-bond acceptors (Lipinski definition) is 6. The van der Waals surface area contributed by atoms with Crippen molar-refractivity contribution in [3.8, 4) is 0 Å². The first-order valence-electron chi connectivity index (χ1n) is 6.27.